The number of carbonyl (C=O) groups excluding carboxylic acids is 1. The van der Waals surface area contributed by atoms with Crippen molar-refractivity contribution in [3.8, 4) is 0 Å². The second kappa shape index (κ2) is 10.7. The van der Waals surface area contributed by atoms with E-state index in [-0.39, 0.29) is 5.97 Å². The molecule has 5 rings (SSSR count). The Morgan fingerprint density at radius 2 is 1.66 bits per heavy atom. The molecule has 0 spiro atoms. The summed E-state index contributed by atoms with van der Waals surface area (Å²) in [7, 11) is 0. The van der Waals surface area contributed by atoms with Crippen LogP contribution in [-0.2, 0) is 28.0 Å². The third-order valence-corrected chi connectivity index (χ3v) is 8.00. The molecule has 0 aliphatic carbocycles. The maximum absolute atomic E-state index is 13.5. The molecule has 5 nitrogen and oxygen atoms in total. The van der Waals surface area contributed by atoms with E-state index in [9.17, 15) is 4.79 Å². The quantitative estimate of drug-likeness (QED) is 0.173. The number of nitrogens with zero attached hydrogens (tertiary/aromatic N) is 2. The summed E-state index contributed by atoms with van der Waals surface area (Å²) >= 11 is 0. The highest BCUT2D eigenvalue weighted by Gasteiger charge is 2.51. The van der Waals surface area contributed by atoms with Crippen LogP contribution in [0.5, 0.6) is 0 Å². The van der Waals surface area contributed by atoms with Crippen LogP contribution >= 0.6 is 0 Å². The molecule has 0 N–H and O–H groups in total. The molecule has 198 valence electrons. The van der Waals surface area contributed by atoms with Crippen LogP contribution in [0.25, 0.3) is 10.9 Å². The Kier molecular flexibility index (Phi) is 7.31. The maximum atomic E-state index is 13.5. The van der Waals surface area contributed by atoms with E-state index >= 15 is 0 Å². The summed E-state index contributed by atoms with van der Waals surface area (Å²) in [6.07, 6.45) is 0.827. The predicted octanol–water partition coefficient (Wildman–Crippen LogP) is 6.86. The van der Waals surface area contributed by atoms with E-state index < -0.39 is 5.60 Å². The number of aryl methyl sites for hydroxylation is 1. The van der Waals surface area contributed by atoms with Crippen molar-refractivity contribution < 1.29 is 14.3 Å². The van der Waals surface area contributed by atoms with Gasteiger partial charge in [-0.1, -0.05) is 49.4 Å². The van der Waals surface area contributed by atoms with E-state index in [0.29, 0.717) is 18.8 Å². The van der Waals surface area contributed by atoms with Crippen LogP contribution < -0.4 is 4.90 Å². The lowest BCUT2D eigenvalue weighted by molar-refractivity contribution is 0.0251. The van der Waals surface area contributed by atoms with Crippen molar-refractivity contribution >= 4 is 22.6 Å². The highest BCUT2D eigenvalue weighted by molar-refractivity contribution is 5.99. The molecule has 5 heteroatoms. The monoisotopic (exact) mass is 510 g/mol. The van der Waals surface area contributed by atoms with Crippen LogP contribution in [-0.4, -0.2) is 36.8 Å². The Hall–Kier alpha value is -3.57. The Morgan fingerprint density at radius 1 is 0.921 bits per heavy atom. The molecule has 0 radical (unpaired) electrons. The SMILES string of the molecule is CCOCCn1c(C)c(C2(c3ccc(N(CC)CC)cc3CC)OC(=O)c3ccccc32)c2ccccc21. The van der Waals surface area contributed by atoms with Gasteiger partial charge < -0.3 is 18.9 Å². The highest BCUT2D eigenvalue weighted by Crippen LogP contribution is 2.52. The first-order valence-corrected chi connectivity index (χ1v) is 13.9. The number of aromatic nitrogens is 1. The van der Waals surface area contributed by atoms with Crippen molar-refractivity contribution in [3.63, 3.8) is 0 Å². The molecule has 0 saturated heterocycles. The Bertz CT molecular complexity index is 1470. The number of carbonyl (C=O) groups is 1. The van der Waals surface area contributed by atoms with Gasteiger partial charge in [-0.25, -0.2) is 4.79 Å². The second-order valence-corrected chi connectivity index (χ2v) is 9.81. The van der Waals surface area contributed by atoms with E-state index in [1.54, 1.807) is 0 Å². The molecule has 1 atom stereocenters. The molecule has 0 fully saturated rings. The van der Waals surface area contributed by atoms with E-state index in [2.05, 4.69) is 85.7 Å². The van der Waals surface area contributed by atoms with Crippen LogP contribution in [0.15, 0.2) is 66.7 Å². The number of anilines is 1. The fraction of sp³-hybridized carbons (Fsp3) is 0.364. The van der Waals surface area contributed by atoms with Gasteiger partial charge in [0.1, 0.15) is 0 Å². The molecule has 1 aromatic heterocycles. The van der Waals surface area contributed by atoms with Gasteiger partial charge in [-0.3, -0.25) is 0 Å². The second-order valence-electron chi connectivity index (χ2n) is 9.81. The minimum absolute atomic E-state index is 0.277. The summed E-state index contributed by atoms with van der Waals surface area (Å²) in [5.74, 6) is -0.277. The minimum atomic E-state index is -1.04. The van der Waals surface area contributed by atoms with Crippen molar-refractivity contribution in [2.45, 2.75) is 53.2 Å². The smallest absolute Gasteiger partial charge is 0.340 e. The zero-order valence-corrected chi connectivity index (χ0v) is 23.2. The molecular weight excluding hydrogens is 472 g/mol. The summed E-state index contributed by atoms with van der Waals surface area (Å²) in [5, 5.41) is 1.10. The van der Waals surface area contributed by atoms with Gasteiger partial charge in [-0.15, -0.1) is 0 Å². The van der Waals surface area contributed by atoms with Crippen molar-refractivity contribution in [2.24, 2.45) is 0 Å². The third-order valence-electron chi connectivity index (χ3n) is 8.00. The summed E-state index contributed by atoms with van der Waals surface area (Å²) in [4.78, 5) is 15.9. The number of ether oxygens (including phenoxy) is 2. The van der Waals surface area contributed by atoms with E-state index in [1.165, 1.54) is 11.3 Å². The number of hydrogen-bond donors (Lipinski definition) is 0. The highest BCUT2D eigenvalue weighted by atomic mass is 16.6. The lowest BCUT2D eigenvalue weighted by atomic mass is 9.76. The van der Waals surface area contributed by atoms with Crippen molar-refractivity contribution in [2.75, 3.05) is 31.2 Å². The fourth-order valence-corrected chi connectivity index (χ4v) is 6.20. The number of benzene rings is 3. The summed E-state index contributed by atoms with van der Waals surface area (Å²) in [6, 6.07) is 23.0. The standard InChI is InChI=1S/C33H38N2O3/c1-6-24-22-25(34(7-2)8-3)18-19-28(24)33(29-16-12-10-14-26(29)32(36)38-33)31-23(5)35(20-21-37-9-4)30-17-13-11-15-27(30)31/h10-19,22H,6-9,20-21H2,1-5H3. The lowest BCUT2D eigenvalue weighted by Crippen LogP contribution is -2.32. The van der Waals surface area contributed by atoms with E-state index in [0.717, 1.165) is 59.3 Å². The Labute approximate surface area is 226 Å². The number of hydrogen-bond acceptors (Lipinski definition) is 4. The van der Waals surface area contributed by atoms with Gasteiger partial charge in [-0.05, 0) is 63.9 Å². The number of cyclic esters (lactones) is 1. The van der Waals surface area contributed by atoms with Gasteiger partial charge in [0.25, 0.3) is 0 Å². The molecule has 0 bridgehead atoms. The van der Waals surface area contributed by atoms with Crippen LogP contribution in [0, 0.1) is 6.92 Å². The van der Waals surface area contributed by atoms with Gasteiger partial charge >= 0.3 is 5.97 Å². The molecule has 1 aliphatic rings. The van der Waals surface area contributed by atoms with Crippen molar-refractivity contribution in [1.29, 1.82) is 0 Å². The van der Waals surface area contributed by atoms with Crippen LogP contribution in [0.3, 0.4) is 0 Å². The number of rotatable bonds is 10. The number of fused-ring (bicyclic) bond motifs is 2. The van der Waals surface area contributed by atoms with Crippen molar-refractivity contribution in [1.82, 2.24) is 4.57 Å². The molecule has 2 heterocycles. The number of para-hydroxylation sites is 1. The molecule has 38 heavy (non-hydrogen) atoms. The first-order chi connectivity index (χ1) is 18.5. The molecule has 1 unspecified atom stereocenters. The fourth-order valence-electron chi connectivity index (χ4n) is 6.20. The molecule has 3 aromatic carbocycles. The molecular formula is C33H38N2O3. The van der Waals surface area contributed by atoms with Crippen LogP contribution in [0.2, 0.25) is 0 Å². The summed E-state index contributed by atoms with van der Waals surface area (Å²) in [6.45, 7) is 14.6. The molecule has 4 aromatic rings. The van der Waals surface area contributed by atoms with Crippen molar-refractivity contribution in [3.05, 3.63) is 100 Å². The largest absolute Gasteiger partial charge is 0.440 e. The normalized spacial score (nSPS) is 16.6. The average Bonchev–Trinajstić information content (AvgIpc) is 3.40. The predicted molar refractivity (Wildman–Crippen MR) is 154 cm³/mol. The number of esters is 1. The van der Waals surface area contributed by atoms with E-state index in [4.69, 9.17) is 9.47 Å². The van der Waals surface area contributed by atoms with Gasteiger partial charge in [0.15, 0.2) is 5.60 Å². The first-order valence-electron chi connectivity index (χ1n) is 13.9. The average molecular weight is 511 g/mol. The zero-order chi connectivity index (χ0) is 26.9. The zero-order valence-electron chi connectivity index (χ0n) is 23.2. The summed E-state index contributed by atoms with van der Waals surface area (Å²) < 4.78 is 14.7. The van der Waals surface area contributed by atoms with Crippen LogP contribution in [0.4, 0.5) is 5.69 Å². The summed E-state index contributed by atoms with van der Waals surface area (Å²) in [5.41, 5.74) is 7.16. The lowest BCUT2D eigenvalue weighted by Gasteiger charge is -2.33. The maximum Gasteiger partial charge on any atom is 0.340 e. The van der Waals surface area contributed by atoms with E-state index in [1.807, 2.05) is 25.1 Å². The molecule has 0 saturated carbocycles. The van der Waals surface area contributed by atoms with Gasteiger partial charge in [-0.2, -0.15) is 0 Å². The molecule has 1 aliphatic heterocycles. The van der Waals surface area contributed by atoms with Crippen LogP contribution in [0.1, 0.15) is 66.0 Å². The third kappa shape index (κ3) is 4.01. The van der Waals surface area contributed by atoms with Gasteiger partial charge in [0.05, 0.1) is 12.2 Å². The first kappa shape index (κ1) is 26.1. The minimum Gasteiger partial charge on any atom is -0.440 e. The van der Waals surface area contributed by atoms with Gasteiger partial charge in [0, 0.05) is 65.2 Å². The van der Waals surface area contributed by atoms with Gasteiger partial charge in [0.2, 0.25) is 0 Å². The Morgan fingerprint density at radius 3 is 2.39 bits per heavy atom. The topological polar surface area (TPSA) is 43.7 Å². The Balaban J connectivity index is 1.84. The molecule has 0 amide bonds.